The first-order valence-electron chi connectivity index (χ1n) is 14.7. The van der Waals surface area contributed by atoms with Gasteiger partial charge in [0, 0.05) is 17.7 Å². The van der Waals surface area contributed by atoms with Crippen molar-refractivity contribution in [2.75, 3.05) is 20.8 Å². The van der Waals surface area contributed by atoms with Crippen LogP contribution in [0, 0.1) is 5.82 Å². The molecule has 2 aromatic carbocycles. The number of aromatic nitrogens is 1. The minimum Gasteiger partial charge on any atom is -0.493 e. The lowest BCUT2D eigenvalue weighted by molar-refractivity contribution is -0.149. The highest BCUT2D eigenvalue weighted by molar-refractivity contribution is 6.31. The van der Waals surface area contributed by atoms with Gasteiger partial charge in [-0.05, 0) is 87.7 Å². The van der Waals surface area contributed by atoms with E-state index in [0.29, 0.717) is 5.75 Å². The highest BCUT2D eigenvalue weighted by atomic mass is 35.5. The largest absolute Gasteiger partial charge is 0.493 e. The van der Waals surface area contributed by atoms with E-state index in [0.717, 1.165) is 38.2 Å². The van der Waals surface area contributed by atoms with Crippen LogP contribution in [0.2, 0.25) is 5.02 Å². The van der Waals surface area contributed by atoms with Crippen LogP contribution < -0.4 is 20.1 Å². The van der Waals surface area contributed by atoms with E-state index in [1.54, 1.807) is 20.8 Å². The van der Waals surface area contributed by atoms with Crippen molar-refractivity contribution in [1.29, 1.82) is 0 Å². The summed E-state index contributed by atoms with van der Waals surface area (Å²) in [7, 11) is 2.41. The number of esters is 1. The Balaban J connectivity index is 1.73. The molecule has 0 aliphatic heterocycles. The third-order valence-electron chi connectivity index (χ3n) is 6.98. The molecule has 48 heavy (non-hydrogen) atoms. The van der Waals surface area contributed by atoms with Crippen molar-refractivity contribution in [3.8, 4) is 22.8 Å². The van der Waals surface area contributed by atoms with Gasteiger partial charge in [0.2, 0.25) is 0 Å². The van der Waals surface area contributed by atoms with Crippen LogP contribution in [-0.4, -0.2) is 61.6 Å². The number of alkyl halides is 3. The van der Waals surface area contributed by atoms with Crippen molar-refractivity contribution < 1.29 is 50.9 Å². The third kappa shape index (κ3) is 9.49. The first-order chi connectivity index (χ1) is 22.5. The highest BCUT2D eigenvalue weighted by Crippen LogP contribution is 2.37. The Kier molecular flexibility index (Phi) is 11.1. The van der Waals surface area contributed by atoms with Crippen LogP contribution in [-0.2, 0) is 14.3 Å². The minimum atomic E-state index is -4.96. The van der Waals surface area contributed by atoms with Gasteiger partial charge in [0.05, 0.1) is 36.7 Å². The van der Waals surface area contributed by atoms with Gasteiger partial charge in [0.15, 0.2) is 17.5 Å². The number of nitrogens with zero attached hydrogens (tertiary/aromatic N) is 1. The molecular formula is C33H34ClF4N3O7. The van der Waals surface area contributed by atoms with E-state index in [9.17, 15) is 31.9 Å². The maximum absolute atomic E-state index is 14.7. The predicted molar refractivity (Wildman–Crippen MR) is 167 cm³/mol. The van der Waals surface area contributed by atoms with Gasteiger partial charge >= 0.3 is 18.2 Å². The second-order valence-corrected chi connectivity index (χ2v) is 12.3. The van der Waals surface area contributed by atoms with Gasteiger partial charge in [-0.15, -0.1) is 0 Å². The number of ether oxygens (including phenoxy) is 4. The molecule has 0 radical (unpaired) electrons. The van der Waals surface area contributed by atoms with Crippen molar-refractivity contribution in [1.82, 2.24) is 15.6 Å². The number of alkyl carbamates (subject to hydrolysis) is 1. The van der Waals surface area contributed by atoms with E-state index < -0.39 is 59.8 Å². The molecule has 2 amide bonds. The number of halogens is 5. The number of pyridine rings is 1. The summed E-state index contributed by atoms with van der Waals surface area (Å²) >= 11 is 5.95. The first kappa shape index (κ1) is 36.2. The molecule has 1 fully saturated rings. The molecule has 2 unspecified atom stereocenters. The van der Waals surface area contributed by atoms with Crippen LogP contribution in [0.5, 0.6) is 11.5 Å². The number of carbonyl (C=O) groups is 3. The molecule has 0 bridgehead atoms. The smallest absolute Gasteiger partial charge is 0.408 e. The molecule has 2 atom stereocenters. The quantitative estimate of drug-likeness (QED) is 0.164. The number of amides is 2. The molecule has 1 aliphatic rings. The zero-order valence-electron chi connectivity index (χ0n) is 26.7. The highest BCUT2D eigenvalue weighted by Gasteiger charge is 2.43. The van der Waals surface area contributed by atoms with Gasteiger partial charge in [-0.2, -0.15) is 13.2 Å². The van der Waals surface area contributed by atoms with Crippen molar-refractivity contribution in [2.24, 2.45) is 0 Å². The molecule has 4 rings (SSSR count). The van der Waals surface area contributed by atoms with Gasteiger partial charge in [0.25, 0.3) is 5.91 Å². The number of methoxy groups -OCH3 is 2. The minimum absolute atomic E-state index is 0.0200. The zero-order valence-corrected chi connectivity index (χ0v) is 27.4. The van der Waals surface area contributed by atoms with Crippen LogP contribution in [0.15, 0.2) is 48.5 Å². The fraction of sp³-hybridized carbons (Fsp3) is 0.394. The monoisotopic (exact) mass is 695 g/mol. The molecule has 2 N–H and O–H groups in total. The van der Waals surface area contributed by atoms with Crippen molar-refractivity contribution >= 4 is 29.6 Å². The van der Waals surface area contributed by atoms with Gasteiger partial charge in [-0.25, -0.2) is 14.0 Å². The number of nitrogens with one attached hydrogen (secondary N) is 2. The van der Waals surface area contributed by atoms with Gasteiger partial charge < -0.3 is 29.6 Å². The van der Waals surface area contributed by atoms with Gasteiger partial charge in [-0.1, -0.05) is 11.6 Å². The molecule has 0 saturated heterocycles. The van der Waals surface area contributed by atoms with E-state index in [1.165, 1.54) is 37.4 Å². The van der Waals surface area contributed by atoms with Crippen LogP contribution in [0.1, 0.15) is 67.2 Å². The molecule has 15 heteroatoms. The van der Waals surface area contributed by atoms with Crippen LogP contribution in [0.25, 0.3) is 11.3 Å². The Morgan fingerprint density at radius 3 is 2.29 bits per heavy atom. The summed E-state index contributed by atoms with van der Waals surface area (Å²) in [5.41, 5.74) is -1.77. The molecular weight excluding hydrogens is 662 g/mol. The lowest BCUT2D eigenvalue weighted by atomic mass is 9.97. The Hall–Kier alpha value is -4.59. The normalized spacial score (nSPS) is 14.4. The molecule has 0 spiro atoms. The number of benzene rings is 2. The van der Waals surface area contributed by atoms with E-state index in [1.807, 2.05) is 0 Å². The van der Waals surface area contributed by atoms with Crippen molar-refractivity contribution in [2.45, 2.75) is 63.5 Å². The van der Waals surface area contributed by atoms with Crippen molar-refractivity contribution in [3.05, 3.63) is 76.2 Å². The summed E-state index contributed by atoms with van der Waals surface area (Å²) in [6, 6.07) is 8.19. The second kappa shape index (κ2) is 14.7. The molecule has 1 heterocycles. The average Bonchev–Trinajstić information content (AvgIpc) is 3.83. The van der Waals surface area contributed by atoms with Crippen molar-refractivity contribution in [3.63, 3.8) is 0 Å². The van der Waals surface area contributed by atoms with Gasteiger partial charge in [0.1, 0.15) is 17.3 Å². The number of carbonyl (C=O) groups excluding carboxylic acids is 3. The summed E-state index contributed by atoms with van der Waals surface area (Å²) in [5, 5.41) is 4.29. The Bertz CT molecular complexity index is 1680. The Labute approximate surface area is 279 Å². The van der Waals surface area contributed by atoms with Gasteiger partial charge in [-0.3, -0.25) is 9.78 Å². The summed E-state index contributed by atoms with van der Waals surface area (Å²) < 4.78 is 79.1. The second-order valence-electron chi connectivity index (χ2n) is 11.9. The maximum atomic E-state index is 14.7. The first-order valence-corrected chi connectivity index (χ1v) is 15.1. The maximum Gasteiger partial charge on any atom is 0.408 e. The van der Waals surface area contributed by atoms with E-state index >= 15 is 0 Å². The SMILES string of the molecule is COC(=O)C(NC(=O)OC(C)(C)C)c1cc(-c2ccc(F)c(Cl)c2)nc(C(CNC(=O)c2ccc(OC3CC3)c(OC)c2)C(F)(F)F)c1. The standard InChI is InChI=1S/C33H34ClF4N3O7/c1-32(2,3)48-31(44)41-28(30(43)46-5)19-13-24(17-6-10-23(35)22(34)12-17)40-25(14-19)21(33(36,37)38)16-39-29(42)18-7-11-26(27(15-18)45-4)47-20-8-9-20/h6-7,10-15,20-21,28H,8-9,16H2,1-5H3,(H,39,42)(H,41,44). The molecule has 258 valence electrons. The Morgan fingerprint density at radius 2 is 1.71 bits per heavy atom. The summed E-state index contributed by atoms with van der Waals surface area (Å²) in [6.07, 6.45) is -4.20. The topological polar surface area (TPSA) is 125 Å². The molecule has 1 aromatic heterocycles. The van der Waals surface area contributed by atoms with Crippen LogP contribution in [0.3, 0.4) is 0 Å². The average molecular weight is 696 g/mol. The summed E-state index contributed by atoms with van der Waals surface area (Å²) in [4.78, 5) is 42.8. The molecule has 1 aliphatic carbocycles. The summed E-state index contributed by atoms with van der Waals surface area (Å²) in [5.74, 6) is -4.41. The summed E-state index contributed by atoms with van der Waals surface area (Å²) in [6.45, 7) is 3.77. The molecule has 3 aromatic rings. The number of rotatable bonds is 11. The van der Waals surface area contributed by atoms with E-state index in [4.69, 9.17) is 30.5 Å². The van der Waals surface area contributed by atoms with E-state index in [2.05, 4.69) is 15.6 Å². The molecule has 1 saturated carbocycles. The van der Waals surface area contributed by atoms with Crippen LogP contribution >= 0.6 is 11.6 Å². The zero-order chi connectivity index (χ0) is 35.4. The predicted octanol–water partition coefficient (Wildman–Crippen LogP) is 6.91. The van der Waals surface area contributed by atoms with Crippen LogP contribution in [0.4, 0.5) is 22.4 Å². The fourth-order valence-corrected chi connectivity index (χ4v) is 4.68. The Morgan fingerprint density at radius 1 is 1.00 bits per heavy atom. The van der Waals surface area contributed by atoms with E-state index in [-0.39, 0.29) is 39.3 Å². The fourth-order valence-electron chi connectivity index (χ4n) is 4.50. The lowest BCUT2D eigenvalue weighted by Gasteiger charge is -2.25. The third-order valence-corrected chi connectivity index (χ3v) is 7.27. The lowest BCUT2D eigenvalue weighted by Crippen LogP contribution is -2.39. The molecule has 10 nitrogen and oxygen atoms in total. The number of hydrogen-bond donors (Lipinski definition) is 2. The number of hydrogen-bond acceptors (Lipinski definition) is 8.